The zero-order valence-electron chi connectivity index (χ0n) is 12.8. The Hall–Kier alpha value is -3.22. The summed E-state index contributed by atoms with van der Waals surface area (Å²) in [5, 5.41) is 6.58. The summed E-state index contributed by atoms with van der Waals surface area (Å²) in [5.41, 5.74) is 7.03. The SMILES string of the molecule is C/C(Nc1ccccc1F)=C(/N)c1nc(-c2ccccc2F)no1. The van der Waals surface area contributed by atoms with Crippen molar-refractivity contribution in [3.63, 3.8) is 0 Å². The van der Waals surface area contributed by atoms with E-state index < -0.39 is 11.6 Å². The Morgan fingerprint density at radius 1 is 1.04 bits per heavy atom. The highest BCUT2D eigenvalue weighted by molar-refractivity contribution is 5.66. The van der Waals surface area contributed by atoms with Gasteiger partial charge in [0, 0.05) is 5.70 Å². The first-order valence-corrected chi connectivity index (χ1v) is 7.13. The average Bonchev–Trinajstić information content (AvgIpc) is 3.06. The van der Waals surface area contributed by atoms with Gasteiger partial charge in [-0.15, -0.1) is 0 Å². The molecule has 122 valence electrons. The molecular formula is C17H14F2N4O. The lowest BCUT2D eigenvalue weighted by molar-refractivity contribution is 0.407. The number of benzene rings is 2. The molecule has 0 amide bonds. The summed E-state index contributed by atoms with van der Waals surface area (Å²) < 4.78 is 32.5. The molecule has 1 heterocycles. The quantitative estimate of drug-likeness (QED) is 0.762. The van der Waals surface area contributed by atoms with Crippen molar-refractivity contribution in [1.82, 2.24) is 10.1 Å². The number of rotatable bonds is 4. The van der Waals surface area contributed by atoms with Gasteiger partial charge in [-0.2, -0.15) is 4.98 Å². The van der Waals surface area contributed by atoms with Crippen molar-refractivity contribution in [1.29, 1.82) is 0 Å². The molecule has 0 saturated carbocycles. The van der Waals surface area contributed by atoms with Gasteiger partial charge in [-0.3, -0.25) is 0 Å². The van der Waals surface area contributed by atoms with E-state index in [1.807, 2.05) is 0 Å². The second-order valence-corrected chi connectivity index (χ2v) is 5.05. The van der Waals surface area contributed by atoms with E-state index in [1.54, 1.807) is 37.3 Å². The summed E-state index contributed by atoms with van der Waals surface area (Å²) in [6.07, 6.45) is 0. The molecule has 0 atom stereocenters. The van der Waals surface area contributed by atoms with E-state index in [-0.39, 0.29) is 28.7 Å². The van der Waals surface area contributed by atoms with E-state index in [2.05, 4.69) is 15.5 Å². The molecule has 0 aliphatic heterocycles. The van der Waals surface area contributed by atoms with E-state index in [9.17, 15) is 8.78 Å². The van der Waals surface area contributed by atoms with Crippen molar-refractivity contribution >= 4 is 11.4 Å². The lowest BCUT2D eigenvalue weighted by atomic mass is 10.2. The number of nitrogens with two attached hydrogens (primary N) is 1. The maximum atomic E-state index is 13.8. The molecule has 24 heavy (non-hydrogen) atoms. The zero-order chi connectivity index (χ0) is 17.1. The number of nitrogens with zero attached hydrogens (tertiary/aromatic N) is 2. The van der Waals surface area contributed by atoms with Gasteiger partial charge in [0.25, 0.3) is 5.89 Å². The molecular weight excluding hydrogens is 314 g/mol. The van der Waals surface area contributed by atoms with Gasteiger partial charge in [0.1, 0.15) is 17.3 Å². The Kier molecular flexibility index (Phi) is 4.24. The summed E-state index contributed by atoms with van der Waals surface area (Å²) in [6, 6.07) is 12.2. The largest absolute Gasteiger partial charge is 0.393 e. The minimum atomic E-state index is -0.464. The molecule has 5 nitrogen and oxygen atoms in total. The fourth-order valence-electron chi connectivity index (χ4n) is 2.08. The van der Waals surface area contributed by atoms with Gasteiger partial charge in [0.2, 0.25) is 5.82 Å². The van der Waals surface area contributed by atoms with Crippen LogP contribution in [0.15, 0.2) is 58.8 Å². The molecule has 0 aliphatic carbocycles. The lowest BCUT2D eigenvalue weighted by Gasteiger charge is -2.09. The first-order valence-electron chi connectivity index (χ1n) is 7.13. The average molecular weight is 328 g/mol. The van der Waals surface area contributed by atoms with Crippen LogP contribution in [0.25, 0.3) is 17.1 Å². The molecule has 2 aromatic carbocycles. The predicted molar refractivity (Wildman–Crippen MR) is 86.5 cm³/mol. The summed E-state index contributed by atoms with van der Waals surface area (Å²) in [4.78, 5) is 4.09. The number of allylic oxidation sites excluding steroid dienone is 1. The summed E-state index contributed by atoms with van der Waals surface area (Å²) in [7, 11) is 0. The molecule has 3 aromatic rings. The van der Waals surface area contributed by atoms with Crippen molar-refractivity contribution in [2.45, 2.75) is 6.92 Å². The number of halogens is 2. The molecule has 0 spiro atoms. The van der Waals surface area contributed by atoms with Crippen LogP contribution in [0, 0.1) is 11.6 Å². The molecule has 7 heteroatoms. The molecule has 0 aliphatic rings. The van der Waals surface area contributed by atoms with Crippen molar-refractivity contribution < 1.29 is 13.3 Å². The summed E-state index contributed by atoms with van der Waals surface area (Å²) in [5.74, 6) is -0.768. The summed E-state index contributed by atoms with van der Waals surface area (Å²) >= 11 is 0. The van der Waals surface area contributed by atoms with Gasteiger partial charge in [-0.25, -0.2) is 8.78 Å². The van der Waals surface area contributed by atoms with Gasteiger partial charge in [-0.05, 0) is 31.2 Å². The van der Waals surface area contributed by atoms with Crippen LogP contribution in [-0.2, 0) is 0 Å². The van der Waals surface area contributed by atoms with Crippen molar-refractivity contribution in [3.8, 4) is 11.4 Å². The standard InChI is InChI=1S/C17H14F2N4O/c1-10(21-14-9-5-4-8-13(14)19)15(20)17-22-16(23-24-17)11-6-2-3-7-12(11)18/h2-9,21H,20H2,1H3/b15-10-. The monoisotopic (exact) mass is 328 g/mol. The first-order chi connectivity index (χ1) is 11.6. The van der Waals surface area contributed by atoms with Crippen LogP contribution in [0.2, 0.25) is 0 Å². The second-order valence-electron chi connectivity index (χ2n) is 5.05. The van der Waals surface area contributed by atoms with Crippen LogP contribution in [0.3, 0.4) is 0 Å². The number of nitrogens with one attached hydrogen (secondary N) is 1. The van der Waals surface area contributed by atoms with E-state index >= 15 is 0 Å². The van der Waals surface area contributed by atoms with Crippen LogP contribution in [0.5, 0.6) is 0 Å². The predicted octanol–water partition coefficient (Wildman–Crippen LogP) is 3.77. The Morgan fingerprint density at radius 2 is 1.71 bits per heavy atom. The van der Waals surface area contributed by atoms with Gasteiger partial charge >= 0.3 is 0 Å². The van der Waals surface area contributed by atoms with Crippen LogP contribution in [0.1, 0.15) is 12.8 Å². The van der Waals surface area contributed by atoms with Gasteiger partial charge in [0.05, 0.1) is 11.3 Å². The third-order valence-electron chi connectivity index (χ3n) is 3.37. The molecule has 0 unspecified atom stereocenters. The maximum Gasteiger partial charge on any atom is 0.275 e. The molecule has 3 N–H and O–H groups in total. The number of para-hydroxylation sites is 1. The highest BCUT2D eigenvalue weighted by atomic mass is 19.1. The topological polar surface area (TPSA) is 77.0 Å². The van der Waals surface area contributed by atoms with E-state index in [4.69, 9.17) is 10.3 Å². The number of aromatic nitrogens is 2. The van der Waals surface area contributed by atoms with Crippen LogP contribution in [-0.4, -0.2) is 10.1 Å². The third-order valence-corrected chi connectivity index (χ3v) is 3.37. The van der Waals surface area contributed by atoms with Crippen LogP contribution >= 0.6 is 0 Å². The number of anilines is 1. The Morgan fingerprint density at radius 3 is 2.42 bits per heavy atom. The molecule has 1 aromatic heterocycles. The number of hydrogen-bond acceptors (Lipinski definition) is 5. The minimum absolute atomic E-state index is 0.0228. The Bertz CT molecular complexity index is 905. The molecule has 0 fully saturated rings. The number of hydrogen-bond donors (Lipinski definition) is 2. The second kappa shape index (κ2) is 6.49. The van der Waals surface area contributed by atoms with Crippen molar-refractivity contribution in [2.75, 3.05) is 5.32 Å². The molecule has 0 radical (unpaired) electrons. The maximum absolute atomic E-state index is 13.8. The molecule has 0 bridgehead atoms. The van der Waals surface area contributed by atoms with E-state index in [0.29, 0.717) is 5.70 Å². The van der Waals surface area contributed by atoms with Crippen molar-refractivity contribution in [2.24, 2.45) is 5.73 Å². The van der Waals surface area contributed by atoms with Crippen LogP contribution < -0.4 is 11.1 Å². The fraction of sp³-hybridized carbons (Fsp3) is 0.0588. The molecule has 0 saturated heterocycles. The smallest absolute Gasteiger partial charge is 0.275 e. The van der Waals surface area contributed by atoms with Crippen LogP contribution in [0.4, 0.5) is 14.5 Å². The van der Waals surface area contributed by atoms with Gasteiger partial charge in [-0.1, -0.05) is 29.4 Å². The normalized spacial score (nSPS) is 12.0. The summed E-state index contributed by atoms with van der Waals surface area (Å²) in [6.45, 7) is 1.65. The first kappa shape index (κ1) is 15.7. The highest BCUT2D eigenvalue weighted by Crippen LogP contribution is 2.22. The van der Waals surface area contributed by atoms with Gasteiger partial charge in [0.15, 0.2) is 0 Å². The fourth-order valence-corrected chi connectivity index (χ4v) is 2.08. The van der Waals surface area contributed by atoms with E-state index in [0.717, 1.165) is 0 Å². The molecule has 3 rings (SSSR count). The zero-order valence-corrected chi connectivity index (χ0v) is 12.8. The van der Waals surface area contributed by atoms with Crippen molar-refractivity contribution in [3.05, 3.63) is 71.8 Å². The van der Waals surface area contributed by atoms with Gasteiger partial charge < -0.3 is 15.6 Å². The Labute approximate surface area is 136 Å². The highest BCUT2D eigenvalue weighted by Gasteiger charge is 2.15. The minimum Gasteiger partial charge on any atom is -0.393 e. The third kappa shape index (κ3) is 3.10. The van der Waals surface area contributed by atoms with E-state index in [1.165, 1.54) is 18.2 Å². The lowest BCUT2D eigenvalue weighted by Crippen LogP contribution is -2.07. The Balaban J connectivity index is 1.89.